The molecule has 3 aromatic rings. The lowest BCUT2D eigenvalue weighted by Gasteiger charge is -2.09. The van der Waals surface area contributed by atoms with Gasteiger partial charge in [0.2, 0.25) is 11.9 Å². The number of nitrogens with one attached hydrogen (secondary N) is 3. The zero-order chi connectivity index (χ0) is 39.0. The van der Waals surface area contributed by atoms with Crippen LogP contribution in [0.4, 0.5) is 5.95 Å². The molecule has 0 saturated carbocycles. The molecule has 294 valence electrons. The highest BCUT2D eigenvalue weighted by atomic mass is 32.2. The Morgan fingerprint density at radius 2 is 1.20 bits per heavy atom. The van der Waals surface area contributed by atoms with Gasteiger partial charge in [-0.05, 0) is 54.7 Å². The molecule has 0 radical (unpaired) electrons. The van der Waals surface area contributed by atoms with Gasteiger partial charge in [0.15, 0.2) is 0 Å². The number of anilines is 1. The Kier molecular flexibility index (Phi) is 19.3. The second kappa shape index (κ2) is 24.2. The van der Waals surface area contributed by atoms with Crippen molar-refractivity contribution in [1.29, 1.82) is 0 Å². The average Bonchev–Trinajstić information content (AvgIpc) is 3.15. The van der Waals surface area contributed by atoms with E-state index in [1.54, 1.807) is 12.1 Å². The first kappa shape index (κ1) is 43.2. The van der Waals surface area contributed by atoms with Crippen LogP contribution in [-0.2, 0) is 56.2 Å². The van der Waals surface area contributed by atoms with Crippen LogP contribution in [0.1, 0.15) is 34.3 Å². The molecule has 1 heterocycles. The third kappa shape index (κ3) is 18.0. The lowest BCUT2D eigenvalue weighted by molar-refractivity contribution is -0.143. The number of amides is 2. The molecule has 0 unspecified atom stereocenters. The summed E-state index contributed by atoms with van der Waals surface area (Å²) < 4.78 is 54.3. The number of aliphatic carboxylic acids is 2. The number of benzene rings is 2. The van der Waals surface area contributed by atoms with Crippen molar-refractivity contribution in [3.8, 4) is 5.75 Å². The van der Waals surface area contributed by atoms with Crippen LogP contribution < -0.4 is 20.1 Å². The molecule has 0 atom stereocenters. The number of nitrogens with zero attached hydrogens (tertiary/aromatic N) is 2. The molecule has 3 rings (SSSR count). The van der Waals surface area contributed by atoms with Crippen LogP contribution in [0.25, 0.3) is 0 Å². The zero-order valence-electron chi connectivity index (χ0n) is 29.6. The summed E-state index contributed by atoms with van der Waals surface area (Å²) in [6, 6.07) is 14.0. The third-order valence-electron chi connectivity index (χ3n) is 7.11. The minimum atomic E-state index is -3.99. The van der Waals surface area contributed by atoms with Gasteiger partial charge in [0.1, 0.15) is 19.0 Å². The number of aromatic nitrogens is 2. The lowest BCUT2D eigenvalue weighted by Crippen LogP contribution is -2.31. The maximum atomic E-state index is 12.9. The molecule has 0 saturated heterocycles. The van der Waals surface area contributed by atoms with E-state index in [0.717, 1.165) is 17.5 Å². The highest BCUT2D eigenvalue weighted by Crippen LogP contribution is 2.17. The van der Waals surface area contributed by atoms with Crippen molar-refractivity contribution in [2.45, 2.75) is 30.6 Å². The molecule has 0 bridgehead atoms. The molecule has 54 heavy (non-hydrogen) atoms. The van der Waals surface area contributed by atoms with Gasteiger partial charge in [-0.25, -0.2) is 27.9 Å². The van der Waals surface area contributed by atoms with Crippen molar-refractivity contribution in [2.24, 2.45) is 0 Å². The summed E-state index contributed by atoms with van der Waals surface area (Å²) in [5.41, 5.74) is 2.12. The van der Waals surface area contributed by atoms with E-state index < -0.39 is 34.5 Å². The van der Waals surface area contributed by atoms with Crippen molar-refractivity contribution in [1.82, 2.24) is 20.6 Å². The van der Waals surface area contributed by atoms with E-state index in [4.69, 9.17) is 33.9 Å². The van der Waals surface area contributed by atoms with Gasteiger partial charge in [-0.3, -0.25) is 14.4 Å². The maximum Gasteiger partial charge on any atom is 0.329 e. The number of hydrogen-bond donors (Lipinski definition) is 5. The first-order chi connectivity index (χ1) is 26.0. The van der Waals surface area contributed by atoms with Gasteiger partial charge in [0.25, 0.3) is 15.9 Å². The summed E-state index contributed by atoms with van der Waals surface area (Å²) in [5, 5.41) is 22.4. The molecule has 0 fully saturated rings. The molecule has 19 heteroatoms. The molecule has 1 aromatic heterocycles. The van der Waals surface area contributed by atoms with E-state index in [2.05, 4.69) is 25.3 Å². The number of carbonyl (C=O) groups is 4. The Bertz CT molecular complexity index is 1710. The van der Waals surface area contributed by atoms with Gasteiger partial charge in [0, 0.05) is 31.9 Å². The highest BCUT2D eigenvalue weighted by molar-refractivity contribution is 7.92. The fourth-order valence-electron chi connectivity index (χ4n) is 4.38. The number of carbonyl (C=O) groups excluding carboxylic acids is 2. The second-order valence-corrected chi connectivity index (χ2v) is 13.0. The standard InChI is InChI=1S/C35H45N5O13S/c41-31(36-13-16-49-19-21-52-25-33(44)45)24-51-20-18-50-17-14-37-34(46)28-22-38-35(39-23-28)40-54(47,48)30-11-7-27(8-12-30)4-3-26-5-9-29(10-6-26)53-15-1-2-32(42)43/h5-12,22-23H,1-4,13-21,24-25H2,(H,36,41)(H,37,46)(H,42,43)(H,44,45)(H,38,39,40). The Labute approximate surface area is 312 Å². The van der Waals surface area contributed by atoms with E-state index in [-0.39, 0.29) is 88.1 Å². The quantitative estimate of drug-likeness (QED) is 0.0652. The number of aryl methyl sites for hydroxylation is 2. The smallest absolute Gasteiger partial charge is 0.329 e. The minimum Gasteiger partial charge on any atom is -0.494 e. The summed E-state index contributed by atoms with van der Waals surface area (Å²) in [7, 11) is -3.99. The monoisotopic (exact) mass is 775 g/mol. The van der Waals surface area contributed by atoms with Crippen molar-refractivity contribution >= 4 is 39.7 Å². The lowest BCUT2D eigenvalue weighted by atomic mass is 10.0. The highest BCUT2D eigenvalue weighted by Gasteiger charge is 2.16. The zero-order valence-corrected chi connectivity index (χ0v) is 30.4. The number of hydrogen-bond acceptors (Lipinski definition) is 13. The van der Waals surface area contributed by atoms with Crippen LogP contribution in [0.5, 0.6) is 5.75 Å². The van der Waals surface area contributed by atoms with Crippen LogP contribution in [-0.4, -0.2) is 125 Å². The van der Waals surface area contributed by atoms with Gasteiger partial charge in [0.05, 0.1) is 56.7 Å². The fourth-order valence-corrected chi connectivity index (χ4v) is 5.34. The number of carboxylic acids is 2. The number of rotatable bonds is 28. The Balaban J connectivity index is 1.26. The van der Waals surface area contributed by atoms with Crippen molar-refractivity contribution < 1.29 is 61.5 Å². The first-order valence-corrected chi connectivity index (χ1v) is 18.4. The summed E-state index contributed by atoms with van der Waals surface area (Å²) in [6.07, 6.45) is 4.28. The Morgan fingerprint density at radius 3 is 1.80 bits per heavy atom. The normalized spacial score (nSPS) is 11.1. The molecule has 0 aliphatic rings. The van der Waals surface area contributed by atoms with Gasteiger partial charge >= 0.3 is 11.9 Å². The largest absolute Gasteiger partial charge is 0.494 e. The maximum absolute atomic E-state index is 12.9. The molecule has 2 aromatic carbocycles. The van der Waals surface area contributed by atoms with E-state index in [1.165, 1.54) is 24.5 Å². The molecule has 0 aliphatic carbocycles. The summed E-state index contributed by atoms with van der Waals surface area (Å²) >= 11 is 0. The first-order valence-electron chi connectivity index (χ1n) is 17.0. The Hall–Kier alpha value is -5.21. The predicted molar refractivity (Wildman–Crippen MR) is 192 cm³/mol. The van der Waals surface area contributed by atoms with Crippen molar-refractivity contribution in [2.75, 3.05) is 77.3 Å². The molecule has 5 N–H and O–H groups in total. The molecule has 18 nitrogen and oxygen atoms in total. The van der Waals surface area contributed by atoms with Gasteiger partial charge in [-0.2, -0.15) is 0 Å². The average molecular weight is 776 g/mol. The summed E-state index contributed by atoms with van der Waals surface area (Å²) in [5.74, 6) is -2.27. The Morgan fingerprint density at radius 1 is 0.648 bits per heavy atom. The molecular weight excluding hydrogens is 730 g/mol. The van der Waals surface area contributed by atoms with Crippen LogP contribution in [0.15, 0.2) is 65.8 Å². The number of ether oxygens (including phenoxy) is 5. The molecular formula is C35H45N5O13S. The van der Waals surface area contributed by atoms with E-state index in [0.29, 0.717) is 25.2 Å². The van der Waals surface area contributed by atoms with Crippen LogP contribution >= 0.6 is 0 Å². The SMILES string of the molecule is O=C(O)CCCOc1ccc(CCc2ccc(S(=O)(=O)Nc3ncc(C(=O)NCCOCCOCC(=O)NCCOCCOCC(=O)O)cn3)cc2)cc1. The minimum absolute atomic E-state index is 0.0239. The van der Waals surface area contributed by atoms with E-state index >= 15 is 0 Å². The van der Waals surface area contributed by atoms with Gasteiger partial charge in [-0.1, -0.05) is 24.3 Å². The summed E-state index contributed by atoms with van der Waals surface area (Å²) in [6.45, 7) is 1.29. The number of sulfonamides is 1. The number of carboxylic acid groups (broad SMARTS) is 2. The second-order valence-electron chi connectivity index (χ2n) is 11.4. The topological polar surface area (TPSA) is 251 Å². The van der Waals surface area contributed by atoms with Crippen LogP contribution in [0, 0.1) is 0 Å². The third-order valence-corrected chi connectivity index (χ3v) is 8.45. The van der Waals surface area contributed by atoms with Gasteiger partial charge in [-0.15, -0.1) is 0 Å². The van der Waals surface area contributed by atoms with Crippen molar-refractivity contribution in [3.05, 3.63) is 77.6 Å². The van der Waals surface area contributed by atoms with Crippen molar-refractivity contribution in [3.63, 3.8) is 0 Å². The predicted octanol–water partition coefficient (Wildman–Crippen LogP) is 1.30. The van der Waals surface area contributed by atoms with Crippen LogP contribution in [0.2, 0.25) is 0 Å². The van der Waals surface area contributed by atoms with E-state index in [9.17, 15) is 27.6 Å². The molecule has 2 amide bonds. The molecule has 0 aliphatic heterocycles. The fraction of sp³-hybridized carbons (Fsp3) is 0.429. The van der Waals surface area contributed by atoms with Crippen LogP contribution in [0.3, 0.4) is 0 Å². The summed E-state index contributed by atoms with van der Waals surface area (Å²) in [4.78, 5) is 53.0. The van der Waals surface area contributed by atoms with E-state index in [1.807, 2.05) is 24.3 Å². The molecule has 0 spiro atoms. The van der Waals surface area contributed by atoms with Gasteiger partial charge < -0.3 is 44.5 Å².